The van der Waals surface area contributed by atoms with Crippen molar-refractivity contribution >= 4 is 28.2 Å². The molecule has 0 radical (unpaired) electrons. The Bertz CT molecular complexity index is 896. The monoisotopic (exact) mass is 337 g/mol. The molecule has 0 saturated carbocycles. The lowest BCUT2D eigenvalue weighted by atomic mass is 10.1. The summed E-state index contributed by atoms with van der Waals surface area (Å²) < 4.78 is 10.7. The molecule has 0 aliphatic heterocycles. The first-order valence-corrected chi connectivity index (χ1v) is 7.81. The van der Waals surface area contributed by atoms with Crippen molar-refractivity contribution in [3.8, 4) is 5.75 Å². The van der Waals surface area contributed by atoms with Crippen LogP contribution in [-0.4, -0.2) is 24.6 Å². The Morgan fingerprint density at radius 3 is 2.76 bits per heavy atom. The second kappa shape index (κ2) is 7.63. The number of fused-ring (bicyclic) bond motifs is 1. The van der Waals surface area contributed by atoms with E-state index in [0.717, 1.165) is 27.8 Å². The molecular weight excluding hydrogens is 318 g/mol. The molecule has 0 aliphatic carbocycles. The number of nitrogens with zero attached hydrogens (tertiary/aromatic N) is 1. The number of methoxy groups -OCH3 is 1. The number of ether oxygens (including phenoxy) is 2. The molecule has 6 heteroatoms. The Kier molecular flexibility index (Phi) is 5.11. The normalized spacial score (nSPS) is 10.6. The predicted molar refractivity (Wildman–Crippen MR) is 97.4 cm³/mol. The first kappa shape index (κ1) is 16.7. The zero-order valence-electron chi connectivity index (χ0n) is 13.9. The molecule has 0 fully saturated rings. The van der Waals surface area contributed by atoms with Crippen LogP contribution in [0.1, 0.15) is 5.56 Å². The minimum absolute atomic E-state index is 0.0141. The van der Waals surface area contributed by atoms with Crippen LogP contribution in [0.4, 0.5) is 11.5 Å². The van der Waals surface area contributed by atoms with E-state index in [-0.39, 0.29) is 12.5 Å². The van der Waals surface area contributed by atoms with E-state index in [2.05, 4.69) is 10.3 Å². The van der Waals surface area contributed by atoms with Crippen molar-refractivity contribution in [2.75, 3.05) is 24.8 Å². The van der Waals surface area contributed by atoms with Crippen LogP contribution in [0, 0.1) is 0 Å². The fourth-order valence-electron chi connectivity index (χ4n) is 2.52. The molecule has 1 aromatic heterocycles. The molecule has 0 saturated heterocycles. The number of hydrogen-bond donors (Lipinski definition) is 2. The van der Waals surface area contributed by atoms with Crippen molar-refractivity contribution < 1.29 is 14.3 Å². The lowest BCUT2D eigenvalue weighted by Crippen LogP contribution is -2.18. The zero-order valence-corrected chi connectivity index (χ0v) is 13.9. The molecule has 3 rings (SSSR count). The standard InChI is InChI=1S/C19H19N3O3/c1-24-12-19(23)22-18-10-13(8-9-21-18)11-25-17-7-6-16(20)14-4-2-3-5-15(14)17/h2-10H,11-12,20H2,1H3,(H,21,22,23). The lowest BCUT2D eigenvalue weighted by molar-refractivity contribution is -0.119. The van der Waals surface area contributed by atoms with Crippen LogP contribution in [0.15, 0.2) is 54.7 Å². The summed E-state index contributed by atoms with van der Waals surface area (Å²) in [7, 11) is 1.47. The molecule has 3 N–H and O–H groups in total. The van der Waals surface area contributed by atoms with E-state index in [1.54, 1.807) is 12.3 Å². The van der Waals surface area contributed by atoms with Crippen molar-refractivity contribution in [2.24, 2.45) is 0 Å². The van der Waals surface area contributed by atoms with Gasteiger partial charge in [0.1, 0.15) is 24.8 Å². The zero-order chi connectivity index (χ0) is 17.6. The number of pyridine rings is 1. The second-order valence-electron chi connectivity index (χ2n) is 5.52. The maximum Gasteiger partial charge on any atom is 0.251 e. The Labute approximate surface area is 145 Å². The van der Waals surface area contributed by atoms with Crippen LogP contribution in [-0.2, 0) is 16.1 Å². The number of aromatic nitrogens is 1. The van der Waals surface area contributed by atoms with Gasteiger partial charge in [-0.1, -0.05) is 24.3 Å². The van der Waals surface area contributed by atoms with Crippen LogP contribution in [0.2, 0.25) is 0 Å². The highest BCUT2D eigenvalue weighted by Crippen LogP contribution is 2.30. The quantitative estimate of drug-likeness (QED) is 0.675. The first-order valence-electron chi connectivity index (χ1n) is 7.81. The Balaban J connectivity index is 1.74. The van der Waals surface area contributed by atoms with Gasteiger partial charge in [-0.05, 0) is 29.8 Å². The van der Waals surface area contributed by atoms with Crippen LogP contribution in [0.25, 0.3) is 10.8 Å². The Hall–Kier alpha value is -3.12. The molecule has 3 aromatic rings. The highest BCUT2D eigenvalue weighted by Gasteiger charge is 2.07. The van der Waals surface area contributed by atoms with E-state index in [1.807, 2.05) is 42.5 Å². The van der Waals surface area contributed by atoms with Gasteiger partial charge in [-0.3, -0.25) is 4.79 Å². The van der Waals surface area contributed by atoms with Gasteiger partial charge in [0, 0.05) is 29.8 Å². The van der Waals surface area contributed by atoms with E-state index in [1.165, 1.54) is 7.11 Å². The van der Waals surface area contributed by atoms with Gasteiger partial charge in [0.15, 0.2) is 0 Å². The van der Waals surface area contributed by atoms with Gasteiger partial charge in [-0.2, -0.15) is 0 Å². The van der Waals surface area contributed by atoms with Crippen LogP contribution in [0.3, 0.4) is 0 Å². The lowest BCUT2D eigenvalue weighted by Gasteiger charge is -2.11. The number of nitrogens with one attached hydrogen (secondary N) is 1. The van der Waals surface area contributed by atoms with Gasteiger partial charge in [-0.15, -0.1) is 0 Å². The average molecular weight is 337 g/mol. The summed E-state index contributed by atoms with van der Waals surface area (Å²) >= 11 is 0. The maximum absolute atomic E-state index is 11.6. The van der Waals surface area contributed by atoms with E-state index in [4.69, 9.17) is 15.2 Å². The number of rotatable bonds is 6. The molecule has 1 heterocycles. The minimum Gasteiger partial charge on any atom is -0.488 e. The predicted octanol–water partition coefficient (Wildman–Crippen LogP) is 2.98. The molecule has 128 valence electrons. The molecule has 25 heavy (non-hydrogen) atoms. The van der Waals surface area contributed by atoms with Crippen LogP contribution in [0.5, 0.6) is 5.75 Å². The number of amides is 1. The van der Waals surface area contributed by atoms with Crippen LogP contribution < -0.4 is 15.8 Å². The summed E-state index contributed by atoms with van der Waals surface area (Å²) in [5, 5.41) is 4.59. The first-order chi connectivity index (χ1) is 12.2. The molecule has 0 atom stereocenters. The Morgan fingerprint density at radius 2 is 1.96 bits per heavy atom. The summed E-state index contributed by atoms with van der Waals surface area (Å²) in [6.45, 7) is 0.337. The second-order valence-corrected chi connectivity index (χ2v) is 5.52. The highest BCUT2D eigenvalue weighted by molar-refractivity contribution is 5.97. The molecular formula is C19H19N3O3. The van der Waals surface area contributed by atoms with Gasteiger partial charge in [-0.25, -0.2) is 4.98 Å². The third-order valence-electron chi connectivity index (χ3n) is 3.68. The van der Waals surface area contributed by atoms with Gasteiger partial charge in [0.05, 0.1) is 0 Å². The highest BCUT2D eigenvalue weighted by atomic mass is 16.5. The van der Waals surface area contributed by atoms with Crippen LogP contribution >= 0.6 is 0 Å². The number of hydrogen-bond acceptors (Lipinski definition) is 5. The van der Waals surface area contributed by atoms with Crippen molar-refractivity contribution in [3.63, 3.8) is 0 Å². The van der Waals surface area contributed by atoms with Crippen molar-refractivity contribution in [1.29, 1.82) is 0 Å². The van der Waals surface area contributed by atoms with Gasteiger partial charge in [0.2, 0.25) is 0 Å². The fraction of sp³-hybridized carbons (Fsp3) is 0.158. The number of nitrogen functional groups attached to an aromatic ring is 1. The molecule has 0 spiro atoms. The minimum atomic E-state index is -0.252. The SMILES string of the molecule is COCC(=O)Nc1cc(COc2ccc(N)c3ccccc23)ccn1. The third kappa shape index (κ3) is 4.05. The van der Waals surface area contributed by atoms with Gasteiger partial charge >= 0.3 is 0 Å². The smallest absolute Gasteiger partial charge is 0.251 e. The van der Waals surface area contributed by atoms with E-state index in [0.29, 0.717) is 12.4 Å². The molecule has 2 aromatic carbocycles. The fourth-order valence-corrected chi connectivity index (χ4v) is 2.52. The number of carbonyl (C=O) groups excluding carboxylic acids is 1. The third-order valence-corrected chi connectivity index (χ3v) is 3.68. The molecule has 0 unspecified atom stereocenters. The van der Waals surface area contributed by atoms with Crippen molar-refractivity contribution in [3.05, 3.63) is 60.3 Å². The maximum atomic E-state index is 11.6. The summed E-state index contributed by atoms with van der Waals surface area (Å²) in [5.74, 6) is 0.967. The summed E-state index contributed by atoms with van der Waals surface area (Å²) in [5.41, 5.74) is 7.62. The molecule has 0 bridgehead atoms. The van der Waals surface area contributed by atoms with Gasteiger partial charge in [0.25, 0.3) is 5.91 Å². The Morgan fingerprint density at radius 1 is 1.16 bits per heavy atom. The topological polar surface area (TPSA) is 86.5 Å². The number of nitrogens with two attached hydrogens (primary N) is 1. The summed E-state index contributed by atoms with van der Waals surface area (Å²) in [4.78, 5) is 15.7. The van der Waals surface area contributed by atoms with Crippen molar-refractivity contribution in [2.45, 2.75) is 6.61 Å². The number of carbonyl (C=O) groups is 1. The van der Waals surface area contributed by atoms with E-state index >= 15 is 0 Å². The molecule has 0 aliphatic rings. The summed E-state index contributed by atoms with van der Waals surface area (Å²) in [6, 6.07) is 15.1. The summed E-state index contributed by atoms with van der Waals surface area (Å²) in [6.07, 6.45) is 1.63. The van der Waals surface area contributed by atoms with E-state index in [9.17, 15) is 4.79 Å². The van der Waals surface area contributed by atoms with E-state index < -0.39 is 0 Å². The number of anilines is 2. The molecule has 6 nitrogen and oxygen atoms in total. The average Bonchev–Trinajstić information content (AvgIpc) is 2.62. The van der Waals surface area contributed by atoms with Crippen molar-refractivity contribution in [1.82, 2.24) is 4.98 Å². The molecule has 1 amide bonds. The largest absolute Gasteiger partial charge is 0.488 e. The van der Waals surface area contributed by atoms with Gasteiger partial charge < -0.3 is 20.5 Å². The number of benzene rings is 2.